The van der Waals surface area contributed by atoms with Crippen molar-refractivity contribution >= 4 is 44.6 Å². The second-order valence-electron chi connectivity index (χ2n) is 14.3. The molecule has 1 aromatic heterocycles. The summed E-state index contributed by atoms with van der Waals surface area (Å²) in [5.74, 6) is 2.23. The molecule has 0 bridgehead atoms. The highest BCUT2D eigenvalue weighted by molar-refractivity contribution is 7.22. The van der Waals surface area contributed by atoms with E-state index in [9.17, 15) is 19.5 Å². The van der Waals surface area contributed by atoms with Crippen LogP contribution in [0.1, 0.15) is 40.7 Å². The van der Waals surface area contributed by atoms with Gasteiger partial charge in [0.15, 0.2) is 11.5 Å². The van der Waals surface area contributed by atoms with E-state index in [1.165, 1.54) is 5.56 Å². The Morgan fingerprint density at radius 3 is 2.37 bits per heavy atom. The van der Waals surface area contributed by atoms with Gasteiger partial charge in [-0.25, -0.2) is 0 Å². The number of hydrogen-bond acceptors (Lipinski definition) is 10. The maximum Gasteiger partial charge on any atom is 0.255 e. The van der Waals surface area contributed by atoms with Gasteiger partial charge in [-0.1, -0.05) is 35.9 Å². The number of fused-ring (bicyclic) bond motifs is 2. The number of carbonyl (C=O) groups excluding carboxylic acids is 3. The number of rotatable bonds is 12. The molecule has 0 spiro atoms. The first kappa shape index (κ1) is 35.8. The van der Waals surface area contributed by atoms with E-state index in [-0.39, 0.29) is 29.6 Å². The average molecular weight is 745 g/mol. The topological polar surface area (TPSA) is 112 Å². The predicted molar refractivity (Wildman–Crippen MR) is 211 cm³/mol. The summed E-state index contributed by atoms with van der Waals surface area (Å²) >= 11 is 1.61. The summed E-state index contributed by atoms with van der Waals surface area (Å²) in [5.41, 5.74) is 4.79. The van der Waals surface area contributed by atoms with E-state index in [0.717, 1.165) is 94.8 Å². The summed E-state index contributed by atoms with van der Waals surface area (Å²) in [6.45, 7) is 9.42. The first-order valence-corrected chi connectivity index (χ1v) is 19.5. The number of anilines is 1. The third-order valence-electron chi connectivity index (χ3n) is 10.7. The highest BCUT2D eigenvalue weighted by atomic mass is 32.1. The predicted octanol–water partition coefficient (Wildman–Crippen LogP) is 7.13. The van der Waals surface area contributed by atoms with Gasteiger partial charge in [0.25, 0.3) is 5.91 Å². The number of aryl methyl sites for hydroxylation is 1. The number of nitrogens with one attached hydrogen (secondary N) is 1. The van der Waals surface area contributed by atoms with Crippen LogP contribution in [0.5, 0.6) is 23.0 Å². The fourth-order valence-corrected chi connectivity index (χ4v) is 8.79. The highest BCUT2D eigenvalue weighted by Crippen LogP contribution is 2.47. The van der Waals surface area contributed by atoms with Gasteiger partial charge >= 0.3 is 0 Å². The zero-order chi connectivity index (χ0) is 37.2. The molecular formula is C43H44N4O6S. The van der Waals surface area contributed by atoms with Crippen molar-refractivity contribution in [3.8, 4) is 33.4 Å². The van der Waals surface area contributed by atoms with E-state index in [4.69, 9.17) is 9.47 Å². The van der Waals surface area contributed by atoms with Gasteiger partial charge in [-0.15, -0.1) is 11.3 Å². The maximum absolute atomic E-state index is 13.2. The van der Waals surface area contributed by atoms with Gasteiger partial charge in [0, 0.05) is 85.7 Å². The molecule has 3 heterocycles. The Kier molecular flexibility index (Phi) is 10.4. The zero-order valence-electron chi connectivity index (χ0n) is 30.4. The lowest BCUT2D eigenvalue weighted by Gasteiger charge is -2.34. The Balaban J connectivity index is 0.784. The molecule has 4 aromatic carbocycles. The molecule has 0 radical (unpaired) electrons. The fourth-order valence-electron chi connectivity index (χ4n) is 7.62. The zero-order valence-corrected chi connectivity index (χ0v) is 31.2. The number of hydrogen-bond donors (Lipinski definition) is 2. The fraction of sp³-hybridized carbons (Fsp3) is 0.326. The van der Waals surface area contributed by atoms with Crippen molar-refractivity contribution < 1.29 is 29.0 Å². The first-order chi connectivity index (χ1) is 26.3. The molecule has 1 atom stereocenters. The molecule has 1 saturated heterocycles. The van der Waals surface area contributed by atoms with Gasteiger partial charge in [-0.3, -0.25) is 24.2 Å². The number of carbonyl (C=O) groups is 3. The number of ether oxygens (including phenoxy) is 2. The number of phenolic OH excluding ortho intramolecular Hbond substituents is 1. The molecule has 2 aliphatic heterocycles. The number of thiophene rings is 1. The Morgan fingerprint density at radius 2 is 1.61 bits per heavy atom. The smallest absolute Gasteiger partial charge is 0.255 e. The number of amides is 1. The van der Waals surface area contributed by atoms with E-state index < -0.39 is 6.04 Å². The second-order valence-corrected chi connectivity index (χ2v) is 15.4. The lowest BCUT2D eigenvalue weighted by atomic mass is 9.92. The minimum atomic E-state index is -0.507. The number of phenols is 1. The maximum atomic E-state index is 13.2. The molecule has 1 unspecified atom stereocenters. The molecule has 1 aliphatic carbocycles. The summed E-state index contributed by atoms with van der Waals surface area (Å²) in [6.07, 6.45) is 0.700. The van der Waals surface area contributed by atoms with E-state index in [2.05, 4.69) is 46.3 Å². The van der Waals surface area contributed by atoms with Gasteiger partial charge in [-0.05, 0) is 73.5 Å². The first-order valence-electron chi connectivity index (χ1n) is 18.7. The van der Waals surface area contributed by atoms with Gasteiger partial charge < -0.3 is 24.8 Å². The van der Waals surface area contributed by atoms with Gasteiger partial charge in [0.05, 0.1) is 17.3 Å². The molecule has 8 rings (SSSR count). The van der Waals surface area contributed by atoms with Crippen LogP contribution >= 0.6 is 11.3 Å². The standard InChI is InChI=1S/C43H44N4O6S/c1-28-5-7-29(8-6-28)42-41(35-15-9-31(49)26-40(35)54-42)53-33-13-11-32(12-14-33)52-24-23-46-21-19-45(20-22-46)18-17-44-37-4-2-3-34-36(37)27-47(43(34)51)38-16-10-30(48)25-39(38)50/h2-9,11-15,26,38,44,49H,10,16-25,27H2,1H3. The molecule has 3 aliphatic rings. The van der Waals surface area contributed by atoms with E-state index in [1.54, 1.807) is 28.4 Å². The second kappa shape index (κ2) is 15.6. The number of ketones is 2. The van der Waals surface area contributed by atoms with Crippen LogP contribution in [0, 0.1) is 6.92 Å². The molecule has 10 nitrogen and oxygen atoms in total. The van der Waals surface area contributed by atoms with Crippen LogP contribution in [0.25, 0.3) is 20.5 Å². The lowest BCUT2D eigenvalue weighted by molar-refractivity contribution is -0.133. The van der Waals surface area contributed by atoms with Crippen molar-refractivity contribution in [2.24, 2.45) is 0 Å². The molecule has 11 heteroatoms. The highest BCUT2D eigenvalue weighted by Gasteiger charge is 2.39. The van der Waals surface area contributed by atoms with Crippen LogP contribution in [0.4, 0.5) is 5.69 Å². The third kappa shape index (κ3) is 7.70. The summed E-state index contributed by atoms with van der Waals surface area (Å²) < 4.78 is 13.6. The van der Waals surface area contributed by atoms with E-state index in [1.807, 2.05) is 48.5 Å². The van der Waals surface area contributed by atoms with Crippen molar-refractivity contribution in [1.29, 1.82) is 0 Å². The number of piperazine rings is 1. The molecule has 278 valence electrons. The van der Waals surface area contributed by atoms with Crippen LogP contribution in [-0.2, 0) is 16.1 Å². The van der Waals surface area contributed by atoms with Crippen molar-refractivity contribution in [2.75, 3.05) is 57.7 Å². The van der Waals surface area contributed by atoms with Crippen LogP contribution < -0.4 is 14.8 Å². The van der Waals surface area contributed by atoms with Crippen molar-refractivity contribution in [1.82, 2.24) is 14.7 Å². The lowest BCUT2D eigenvalue weighted by Crippen LogP contribution is -2.48. The number of Topliss-reactive ketones (excluding diaryl/α,β-unsaturated/α-hetero) is 2. The average Bonchev–Trinajstić information content (AvgIpc) is 3.70. The normalized spacial score (nSPS) is 18.0. The monoisotopic (exact) mass is 744 g/mol. The molecule has 2 N–H and O–H groups in total. The molecular weight excluding hydrogens is 701 g/mol. The van der Waals surface area contributed by atoms with Gasteiger partial charge in [0.2, 0.25) is 0 Å². The minimum absolute atomic E-state index is 0.0357. The van der Waals surface area contributed by atoms with E-state index >= 15 is 0 Å². The van der Waals surface area contributed by atoms with Crippen LogP contribution in [0.2, 0.25) is 0 Å². The molecule has 2 fully saturated rings. The Labute approximate surface area is 318 Å². The largest absolute Gasteiger partial charge is 0.508 e. The summed E-state index contributed by atoms with van der Waals surface area (Å²) in [6, 6.07) is 26.7. The van der Waals surface area contributed by atoms with Crippen LogP contribution in [0.3, 0.4) is 0 Å². The Hall–Kier alpha value is -5.23. The van der Waals surface area contributed by atoms with Gasteiger partial charge in [-0.2, -0.15) is 0 Å². The van der Waals surface area contributed by atoms with Crippen molar-refractivity contribution in [3.63, 3.8) is 0 Å². The molecule has 1 saturated carbocycles. The number of benzene rings is 4. The van der Waals surface area contributed by atoms with Crippen LogP contribution in [-0.4, -0.2) is 95.7 Å². The summed E-state index contributed by atoms with van der Waals surface area (Å²) in [4.78, 5) is 45.0. The van der Waals surface area contributed by atoms with E-state index in [0.29, 0.717) is 31.6 Å². The van der Waals surface area contributed by atoms with Crippen LogP contribution in [0.15, 0.2) is 84.9 Å². The molecule has 5 aromatic rings. The Bertz CT molecular complexity index is 2180. The third-order valence-corrected chi connectivity index (χ3v) is 11.9. The molecule has 1 amide bonds. The minimum Gasteiger partial charge on any atom is -0.508 e. The summed E-state index contributed by atoms with van der Waals surface area (Å²) in [7, 11) is 0. The van der Waals surface area contributed by atoms with Gasteiger partial charge in [0.1, 0.15) is 29.6 Å². The molecule has 54 heavy (non-hydrogen) atoms. The Morgan fingerprint density at radius 1 is 0.870 bits per heavy atom. The summed E-state index contributed by atoms with van der Waals surface area (Å²) in [5, 5.41) is 14.6. The van der Waals surface area contributed by atoms with Crippen molar-refractivity contribution in [3.05, 3.63) is 102 Å². The quantitative estimate of drug-likeness (QED) is 0.129. The number of aromatic hydroxyl groups is 1. The number of nitrogens with zero attached hydrogens (tertiary/aromatic N) is 3. The van der Waals surface area contributed by atoms with Crippen molar-refractivity contribution in [2.45, 2.75) is 38.8 Å². The SMILES string of the molecule is Cc1ccc(-c2sc3cc(O)ccc3c2Oc2ccc(OCCN3CCN(CCNc4cccc5c4CN(C4CCC(=O)CC4=O)C5=O)CC3)cc2)cc1.